The highest BCUT2D eigenvalue weighted by atomic mass is 32.2. The van der Waals surface area contributed by atoms with E-state index in [1.165, 1.54) is 27.6 Å². The monoisotopic (exact) mass is 149 g/mol. The zero-order valence-corrected chi connectivity index (χ0v) is 5.41. The molecular formula is C3H3NO2S2. The van der Waals surface area contributed by atoms with Crippen molar-refractivity contribution in [3.05, 3.63) is 10.8 Å². The Bertz CT molecular complexity index is 127. The van der Waals surface area contributed by atoms with E-state index >= 15 is 0 Å². The summed E-state index contributed by atoms with van der Waals surface area (Å²) < 4.78 is 1.17. The molecule has 0 unspecified atom stereocenters. The summed E-state index contributed by atoms with van der Waals surface area (Å²) in [5.41, 5.74) is 0. The zero-order valence-electron chi connectivity index (χ0n) is 3.77. The number of carboxylic acid groups (broad SMARTS) is 1. The van der Waals surface area contributed by atoms with Crippen molar-refractivity contribution in [3.63, 3.8) is 0 Å². The molecule has 0 radical (unpaired) electrons. The Morgan fingerprint density at radius 2 is 2.00 bits per heavy atom. The van der Waals surface area contributed by atoms with E-state index in [-0.39, 0.29) is 0 Å². The lowest BCUT2D eigenvalue weighted by atomic mass is 11.3. The minimum absolute atomic E-state index is 0.912. The minimum Gasteiger partial charge on any atom is -0.464 e. The quantitative estimate of drug-likeness (QED) is 0.533. The van der Waals surface area contributed by atoms with Crippen molar-refractivity contribution in [2.75, 3.05) is 0 Å². The van der Waals surface area contributed by atoms with Crippen molar-refractivity contribution in [1.82, 2.24) is 3.71 Å². The Kier molecular flexibility index (Phi) is 1.69. The molecule has 0 aromatic carbocycles. The van der Waals surface area contributed by atoms with Crippen LogP contribution in [0.4, 0.5) is 4.79 Å². The van der Waals surface area contributed by atoms with Crippen LogP contribution in [0.2, 0.25) is 0 Å². The molecule has 0 saturated carbocycles. The topological polar surface area (TPSA) is 40.5 Å². The van der Waals surface area contributed by atoms with E-state index in [0.29, 0.717) is 0 Å². The normalized spacial score (nSPS) is 17.2. The van der Waals surface area contributed by atoms with Crippen LogP contribution >= 0.6 is 23.9 Å². The van der Waals surface area contributed by atoms with E-state index in [9.17, 15) is 4.79 Å². The van der Waals surface area contributed by atoms with E-state index < -0.39 is 6.09 Å². The molecule has 0 saturated heterocycles. The molecule has 8 heavy (non-hydrogen) atoms. The smallest absolute Gasteiger partial charge is 0.428 e. The van der Waals surface area contributed by atoms with Gasteiger partial charge in [0, 0.05) is 10.8 Å². The maximum Gasteiger partial charge on any atom is 0.428 e. The molecule has 1 amide bonds. The molecule has 1 rings (SSSR count). The molecule has 1 aliphatic heterocycles. The van der Waals surface area contributed by atoms with Gasteiger partial charge in [0.1, 0.15) is 0 Å². The Morgan fingerprint density at radius 1 is 1.50 bits per heavy atom. The first kappa shape index (κ1) is 5.84. The maximum atomic E-state index is 10.0. The summed E-state index contributed by atoms with van der Waals surface area (Å²) in [4.78, 5) is 10.0. The number of hydrogen-bond acceptors (Lipinski definition) is 3. The van der Waals surface area contributed by atoms with Gasteiger partial charge in [0.15, 0.2) is 0 Å². The first-order valence-electron chi connectivity index (χ1n) is 1.82. The number of hydrogen-bond donors (Lipinski definition) is 1. The lowest BCUT2D eigenvalue weighted by Crippen LogP contribution is -2.09. The first-order chi connectivity index (χ1) is 3.80. The van der Waals surface area contributed by atoms with Crippen LogP contribution in [0.5, 0.6) is 0 Å². The van der Waals surface area contributed by atoms with Gasteiger partial charge < -0.3 is 5.11 Å². The molecule has 0 aromatic rings. The van der Waals surface area contributed by atoms with Gasteiger partial charge in [-0.15, -0.1) is 0 Å². The van der Waals surface area contributed by atoms with Crippen molar-refractivity contribution in [2.45, 2.75) is 0 Å². The van der Waals surface area contributed by atoms with Gasteiger partial charge in [-0.1, -0.05) is 0 Å². The molecule has 0 spiro atoms. The van der Waals surface area contributed by atoms with Gasteiger partial charge in [-0.3, -0.25) is 0 Å². The van der Waals surface area contributed by atoms with E-state index in [4.69, 9.17) is 5.11 Å². The molecule has 1 aliphatic rings. The van der Waals surface area contributed by atoms with E-state index in [0.717, 1.165) is 0 Å². The number of amides is 1. The lowest BCUT2D eigenvalue weighted by molar-refractivity contribution is 0.191. The molecule has 0 aliphatic carbocycles. The van der Waals surface area contributed by atoms with Gasteiger partial charge in [0.25, 0.3) is 0 Å². The predicted molar refractivity (Wildman–Crippen MR) is 34.2 cm³/mol. The van der Waals surface area contributed by atoms with Crippen LogP contribution in [0.25, 0.3) is 0 Å². The molecule has 0 bridgehead atoms. The van der Waals surface area contributed by atoms with Crippen molar-refractivity contribution in [2.24, 2.45) is 0 Å². The van der Waals surface area contributed by atoms with Crippen LogP contribution < -0.4 is 0 Å². The van der Waals surface area contributed by atoms with Gasteiger partial charge in [0.05, 0.1) is 0 Å². The largest absolute Gasteiger partial charge is 0.464 e. The molecule has 5 heteroatoms. The molecule has 44 valence electrons. The number of rotatable bonds is 0. The lowest BCUT2D eigenvalue weighted by Gasteiger charge is -2.03. The standard InChI is InChI=1S/C3H3NO2S2/c5-3(6)4-7-1-2-8-4/h1-2H,(H,5,6). The van der Waals surface area contributed by atoms with Gasteiger partial charge in [0.2, 0.25) is 0 Å². The molecule has 0 atom stereocenters. The third kappa shape index (κ3) is 1.10. The fourth-order valence-corrected chi connectivity index (χ4v) is 1.57. The Labute approximate surface area is 55.0 Å². The zero-order chi connectivity index (χ0) is 5.98. The minimum atomic E-state index is -0.912. The summed E-state index contributed by atoms with van der Waals surface area (Å²) in [5, 5.41) is 11.7. The van der Waals surface area contributed by atoms with E-state index in [1.807, 2.05) is 0 Å². The second kappa shape index (κ2) is 2.32. The fourth-order valence-electron chi connectivity index (χ4n) is 0.275. The summed E-state index contributed by atoms with van der Waals surface area (Å²) in [6.07, 6.45) is -0.912. The summed E-state index contributed by atoms with van der Waals surface area (Å²) in [6.45, 7) is 0. The highest BCUT2D eigenvalue weighted by Gasteiger charge is 2.13. The Morgan fingerprint density at radius 3 is 2.25 bits per heavy atom. The number of carbonyl (C=O) groups is 1. The van der Waals surface area contributed by atoms with Crippen LogP contribution in [-0.4, -0.2) is 14.9 Å². The van der Waals surface area contributed by atoms with Crippen molar-refractivity contribution in [3.8, 4) is 0 Å². The van der Waals surface area contributed by atoms with Crippen LogP contribution in [0.3, 0.4) is 0 Å². The van der Waals surface area contributed by atoms with Gasteiger partial charge >= 0.3 is 6.09 Å². The molecule has 3 nitrogen and oxygen atoms in total. The van der Waals surface area contributed by atoms with Crippen LogP contribution in [0.15, 0.2) is 10.8 Å². The van der Waals surface area contributed by atoms with E-state index in [2.05, 4.69) is 0 Å². The van der Waals surface area contributed by atoms with Crippen LogP contribution in [0.1, 0.15) is 0 Å². The molecular weight excluding hydrogens is 146 g/mol. The van der Waals surface area contributed by atoms with Crippen molar-refractivity contribution in [1.29, 1.82) is 0 Å². The Hall–Kier alpha value is -0.290. The molecule has 1 heterocycles. The van der Waals surface area contributed by atoms with Crippen molar-refractivity contribution < 1.29 is 9.90 Å². The fraction of sp³-hybridized carbons (Fsp3) is 0. The van der Waals surface area contributed by atoms with Crippen LogP contribution in [-0.2, 0) is 0 Å². The highest BCUT2D eigenvalue weighted by molar-refractivity contribution is 8.18. The molecule has 1 N–H and O–H groups in total. The van der Waals surface area contributed by atoms with E-state index in [1.54, 1.807) is 10.8 Å². The predicted octanol–water partition coefficient (Wildman–Crippen LogP) is 1.75. The SMILES string of the molecule is O=C(O)N1SC=CS1. The summed E-state index contributed by atoms with van der Waals surface area (Å²) in [7, 11) is 0. The molecule has 0 fully saturated rings. The van der Waals surface area contributed by atoms with Crippen molar-refractivity contribution >= 4 is 30.0 Å². The summed E-state index contributed by atoms with van der Waals surface area (Å²) in [6, 6.07) is 0. The summed E-state index contributed by atoms with van der Waals surface area (Å²) >= 11 is 2.33. The third-order valence-corrected chi connectivity index (χ3v) is 2.42. The van der Waals surface area contributed by atoms with Gasteiger partial charge in [-0.25, -0.2) is 4.79 Å². The molecule has 0 aromatic heterocycles. The average Bonchev–Trinajstić information content (AvgIpc) is 2.12. The Balaban J connectivity index is 2.41. The van der Waals surface area contributed by atoms with Gasteiger partial charge in [-0.05, 0) is 23.9 Å². The average molecular weight is 149 g/mol. The number of nitrogens with zero attached hydrogens (tertiary/aromatic N) is 1. The second-order valence-electron chi connectivity index (χ2n) is 1.02. The van der Waals surface area contributed by atoms with Gasteiger partial charge in [-0.2, -0.15) is 3.71 Å². The second-order valence-corrected chi connectivity index (χ2v) is 2.95. The highest BCUT2D eigenvalue weighted by Crippen LogP contribution is 2.30. The maximum absolute atomic E-state index is 10.0. The van der Waals surface area contributed by atoms with Crippen LogP contribution in [0, 0.1) is 0 Å². The summed E-state index contributed by atoms with van der Waals surface area (Å²) in [5.74, 6) is 0. The third-order valence-electron chi connectivity index (χ3n) is 0.525. The first-order valence-corrected chi connectivity index (χ1v) is 3.49.